The van der Waals surface area contributed by atoms with Gasteiger partial charge in [-0.15, -0.1) is 0 Å². The van der Waals surface area contributed by atoms with Crippen LogP contribution in [0.15, 0.2) is 30.5 Å². The molecule has 1 amide bonds. The predicted molar refractivity (Wildman–Crippen MR) is 79.8 cm³/mol. The molecule has 7 nitrogen and oxygen atoms in total. The average Bonchev–Trinajstić information content (AvgIpc) is 2.79. The van der Waals surface area contributed by atoms with Crippen molar-refractivity contribution in [2.75, 3.05) is 0 Å². The molecule has 0 saturated carbocycles. The van der Waals surface area contributed by atoms with Gasteiger partial charge in [-0.05, 0) is 16.5 Å². The molecule has 0 spiro atoms. The zero-order chi connectivity index (χ0) is 14.7. The maximum Gasteiger partial charge on any atom is 1.00 e. The van der Waals surface area contributed by atoms with Crippen LogP contribution in [0.1, 0.15) is 0 Å². The minimum Gasteiger partial charge on any atom is -0.410 e. The van der Waals surface area contributed by atoms with E-state index in [4.69, 9.17) is 0 Å². The van der Waals surface area contributed by atoms with E-state index < -0.39 is 4.92 Å². The summed E-state index contributed by atoms with van der Waals surface area (Å²) in [4.78, 5) is 21.8. The summed E-state index contributed by atoms with van der Waals surface area (Å²) < 4.78 is 1.72. The number of nitro groups is 1. The minimum absolute atomic E-state index is 0. The average molecular weight is 348 g/mol. The number of thiocarbonyl (C=S) groups is 1. The summed E-state index contributed by atoms with van der Waals surface area (Å²) in [6.07, 6.45) is 1.68. The van der Waals surface area contributed by atoms with Gasteiger partial charge in [0.25, 0.3) is 11.6 Å². The molecule has 2 aromatic rings. The zero-order valence-electron chi connectivity index (χ0n) is 11.0. The van der Waals surface area contributed by atoms with Gasteiger partial charge in [0.1, 0.15) is 6.54 Å². The Labute approximate surface area is 173 Å². The van der Waals surface area contributed by atoms with Crippen LogP contribution in [-0.2, 0) is 24.0 Å². The van der Waals surface area contributed by atoms with Crippen LogP contribution in [0.25, 0.3) is 10.9 Å². The Balaban J connectivity index is 0.00000220. The molecule has 0 fully saturated rings. The first-order valence-electron chi connectivity index (χ1n) is 5.46. The molecule has 0 aliphatic carbocycles. The molecule has 0 unspecified atom stereocenters. The van der Waals surface area contributed by atoms with Crippen molar-refractivity contribution in [3.05, 3.63) is 40.6 Å². The first-order valence-corrected chi connectivity index (χ1v) is 6.28. The van der Waals surface area contributed by atoms with Crippen molar-refractivity contribution in [1.29, 1.82) is 0 Å². The SMILES string of the molecule is O=C(Cn1ccc2cc([N+](=O)[O-])ccc21)NNC(=S)[S-].[K+]. The van der Waals surface area contributed by atoms with Crippen LogP contribution in [0.2, 0.25) is 0 Å². The van der Waals surface area contributed by atoms with Gasteiger partial charge in [0.2, 0.25) is 0 Å². The topological polar surface area (TPSA) is 89.2 Å². The smallest absolute Gasteiger partial charge is 0.410 e. The number of nitrogens with zero attached hydrogens (tertiary/aromatic N) is 2. The number of hydrogen-bond acceptors (Lipinski definition) is 5. The Morgan fingerprint density at radius 3 is 2.71 bits per heavy atom. The summed E-state index contributed by atoms with van der Waals surface area (Å²) in [6.45, 7) is 0.0479. The molecule has 1 heterocycles. The first-order chi connectivity index (χ1) is 9.47. The molecule has 0 aliphatic rings. The van der Waals surface area contributed by atoms with Gasteiger partial charge >= 0.3 is 51.4 Å². The molecule has 0 radical (unpaired) electrons. The third-order valence-electron chi connectivity index (χ3n) is 2.58. The third-order valence-corrected chi connectivity index (χ3v) is 2.79. The number of carbonyl (C=O) groups is 1. The molecule has 2 N–H and O–H groups in total. The quantitative estimate of drug-likeness (QED) is 0.219. The zero-order valence-corrected chi connectivity index (χ0v) is 15.8. The molecule has 1 aromatic carbocycles. The number of benzene rings is 1. The monoisotopic (exact) mass is 348 g/mol. The van der Waals surface area contributed by atoms with Crippen LogP contribution in [0.3, 0.4) is 0 Å². The van der Waals surface area contributed by atoms with E-state index in [9.17, 15) is 14.9 Å². The largest absolute Gasteiger partial charge is 1.00 e. The van der Waals surface area contributed by atoms with Crippen molar-refractivity contribution in [1.82, 2.24) is 15.4 Å². The number of hydrogen-bond donors (Lipinski definition) is 2. The summed E-state index contributed by atoms with van der Waals surface area (Å²) in [5.74, 6) is -0.326. The van der Waals surface area contributed by atoms with E-state index in [1.807, 2.05) is 0 Å². The van der Waals surface area contributed by atoms with Crippen LogP contribution < -0.4 is 62.2 Å². The van der Waals surface area contributed by atoms with Gasteiger partial charge in [-0.3, -0.25) is 20.3 Å². The molecule has 1 aromatic heterocycles. The van der Waals surface area contributed by atoms with Gasteiger partial charge in [0, 0.05) is 29.2 Å². The Morgan fingerprint density at radius 1 is 1.38 bits per heavy atom. The molecule has 0 saturated heterocycles. The molecular formula is C11H9KN4O3S2. The third kappa shape index (κ3) is 4.95. The Bertz CT molecular complexity index is 704. The summed E-state index contributed by atoms with van der Waals surface area (Å²) in [5, 5.41) is 11.4. The molecule has 2 rings (SSSR count). The van der Waals surface area contributed by atoms with Crippen LogP contribution in [0, 0.1) is 10.1 Å². The van der Waals surface area contributed by atoms with Crippen molar-refractivity contribution >= 4 is 51.7 Å². The number of amides is 1. The maximum absolute atomic E-state index is 11.6. The fraction of sp³-hybridized carbons (Fsp3) is 0.0909. The van der Waals surface area contributed by atoms with E-state index in [-0.39, 0.29) is 73.8 Å². The fourth-order valence-electron chi connectivity index (χ4n) is 1.75. The van der Waals surface area contributed by atoms with Gasteiger partial charge in [-0.2, -0.15) is 0 Å². The van der Waals surface area contributed by atoms with E-state index in [1.165, 1.54) is 12.1 Å². The van der Waals surface area contributed by atoms with Crippen molar-refractivity contribution in [3.63, 3.8) is 0 Å². The number of nitrogens with one attached hydrogen (secondary N) is 2. The summed E-state index contributed by atoms with van der Waals surface area (Å²) in [7, 11) is 0. The van der Waals surface area contributed by atoms with Crippen LogP contribution in [0.5, 0.6) is 0 Å². The van der Waals surface area contributed by atoms with Gasteiger partial charge < -0.3 is 34.8 Å². The van der Waals surface area contributed by atoms with Crippen molar-refractivity contribution in [2.45, 2.75) is 6.54 Å². The Kier molecular flexibility index (Phi) is 7.13. The Hall–Kier alpha value is -0.624. The van der Waals surface area contributed by atoms with Gasteiger partial charge in [0.15, 0.2) is 0 Å². The number of nitro benzene ring substituents is 1. The Morgan fingerprint density at radius 2 is 2.10 bits per heavy atom. The predicted octanol–water partition coefficient (Wildman–Crippen LogP) is -1.99. The maximum atomic E-state index is 11.6. The van der Waals surface area contributed by atoms with E-state index in [0.717, 1.165) is 5.52 Å². The summed E-state index contributed by atoms with van der Waals surface area (Å²) in [5.41, 5.74) is 5.47. The van der Waals surface area contributed by atoms with E-state index in [1.54, 1.807) is 22.9 Å². The van der Waals surface area contributed by atoms with Gasteiger partial charge in [0.05, 0.1) is 4.92 Å². The summed E-state index contributed by atoms with van der Waals surface area (Å²) in [6, 6.07) is 6.17. The summed E-state index contributed by atoms with van der Waals surface area (Å²) >= 11 is 9.19. The molecule has 21 heavy (non-hydrogen) atoms. The second-order valence-corrected chi connectivity index (χ2v) is 4.98. The van der Waals surface area contributed by atoms with Crippen molar-refractivity contribution in [2.24, 2.45) is 0 Å². The molecule has 104 valence electrons. The van der Waals surface area contributed by atoms with Crippen LogP contribution in [0.4, 0.5) is 5.69 Å². The van der Waals surface area contributed by atoms with Crippen molar-refractivity contribution in [3.8, 4) is 0 Å². The minimum atomic E-state index is -0.460. The molecule has 0 bridgehead atoms. The van der Waals surface area contributed by atoms with Gasteiger partial charge in [-0.25, -0.2) is 0 Å². The number of non-ortho nitro benzene ring substituents is 1. The van der Waals surface area contributed by atoms with E-state index in [0.29, 0.717) is 5.39 Å². The van der Waals surface area contributed by atoms with Crippen LogP contribution in [-0.4, -0.2) is 19.7 Å². The molecule has 0 aliphatic heterocycles. The number of rotatable bonds is 3. The van der Waals surface area contributed by atoms with E-state index in [2.05, 4.69) is 35.7 Å². The molecular weight excluding hydrogens is 339 g/mol. The number of fused-ring (bicyclic) bond motifs is 1. The number of carbonyl (C=O) groups excluding carboxylic acids is 1. The standard InChI is InChI=1S/C11H10N4O3S2.K/c16-10(12-13-11(19)20)6-14-4-3-7-5-8(15(17)18)1-2-9(7)14;/h1-5H,6H2,(H,12,16)(H2,13,19,20);/q;+1/p-1. The second-order valence-electron chi connectivity index (χ2n) is 3.90. The first kappa shape index (κ1) is 18.4. The molecule has 0 atom stereocenters. The van der Waals surface area contributed by atoms with Gasteiger partial charge in [-0.1, -0.05) is 0 Å². The number of aromatic nitrogens is 1. The van der Waals surface area contributed by atoms with Crippen molar-refractivity contribution < 1.29 is 61.1 Å². The second kappa shape index (κ2) is 8.13. The number of hydrazine groups is 1. The van der Waals surface area contributed by atoms with Crippen LogP contribution >= 0.6 is 12.2 Å². The molecule has 10 heteroatoms. The fourth-order valence-corrected chi connectivity index (χ4v) is 1.86. The van der Waals surface area contributed by atoms with E-state index >= 15 is 0 Å². The normalized spacial score (nSPS) is 9.71.